The summed E-state index contributed by atoms with van der Waals surface area (Å²) in [5, 5.41) is 4.12. The predicted molar refractivity (Wildman–Crippen MR) is 61.9 cm³/mol. The number of hydrazine groups is 1. The van der Waals surface area contributed by atoms with Gasteiger partial charge in [-0.15, -0.1) is 0 Å². The largest absolute Gasteiger partial charge is 0.343 e. The predicted octanol–water partition coefficient (Wildman–Crippen LogP) is -0.474. The fourth-order valence-corrected chi connectivity index (χ4v) is 1.35. The Morgan fingerprint density at radius 2 is 2.24 bits per heavy atom. The van der Waals surface area contributed by atoms with Gasteiger partial charge in [-0.25, -0.2) is 5.84 Å². The molecule has 0 bridgehead atoms. The maximum atomic E-state index is 11.6. The Morgan fingerprint density at radius 3 is 2.76 bits per heavy atom. The fourth-order valence-electron chi connectivity index (χ4n) is 1.35. The van der Waals surface area contributed by atoms with E-state index in [4.69, 9.17) is 5.84 Å². The molecule has 7 nitrogen and oxygen atoms in total. The van der Waals surface area contributed by atoms with Crippen molar-refractivity contribution in [3.05, 3.63) is 18.0 Å². The highest BCUT2D eigenvalue weighted by Crippen LogP contribution is 2.10. The van der Waals surface area contributed by atoms with Gasteiger partial charge >= 0.3 is 0 Å². The fraction of sp³-hybridized carbons (Fsp3) is 0.500. The molecule has 1 heterocycles. The normalized spacial score (nSPS) is 12.0. The average molecular weight is 239 g/mol. The molecule has 0 saturated carbocycles. The Balaban J connectivity index is 2.74. The molecule has 94 valence electrons. The van der Waals surface area contributed by atoms with Crippen LogP contribution in [0.4, 0.5) is 0 Å². The zero-order valence-corrected chi connectivity index (χ0v) is 10.2. The molecule has 1 atom stereocenters. The van der Waals surface area contributed by atoms with Crippen molar-refractivity contribution < 1.29 is 9.59 Å². The van der Waals surface area contributed by atoms with Gasteiger partial charge in [0.1, 0.15) is 5.69 Å². The van der Waals surface area contributed by atoms with Crippen LogP contribution in [0, 0.1) is 0 Å². The first-order chi connectivity index (χ1) is 7.95. The minimum absolute atomic E-state index is 0.151. The summed E-state index contributed by atoms with van der Waals surface area (Å²) >= 11 is 0. The zero-order chi connectivity index (χ0) is 13.0. The van der Waals surface area contributed by atoms with Crippen molar-refractivity contribution in [2.75, 3.05) is 14.1 Å². The standard InChI is InChI=1S/C10H17N5O2/c1-7(6-9(16)12-11)15-5-4-8(13-15)10(17)14(2)3/h4-5,7H,6,11H2,1-3H3,(H,12,16). The van der Waals surface area contributed by atoms with Crippen LogP contribution in [-0.4, -0.2) is 40.6 Å². The first-order valence-corrected chi connectivity index (χ1v) is 5.22. The van der Waals surface area contributed by atoms with Gasteiger partial charge in [-0.2, -0.15) is 5.10 Å². The molecule has 0 aromatic carbocycles. The number of aromatic nitrogens is 2. The number of nitrogens with one attached hydrogen (secondary N) is 1. The topological polar surface area (TPSA) is 93.2 Å². The van der Waals surface area contributed by atoms with E-state index in [-0.39, 0.29) is 24.3 Å². The van der Waals surface area contributed by atoms with E-state index in [0.29, 0.717) is 5.69 Å². The van der Waals surface area contributed by atoms with Crippen LogP contribution in [0.25, 0.3) is 0 Å². The molecule has 0 aliphatic rings. The molecule has 1 aromatic rings. The van der Waals surface area contributed by atoms with Gasteiger partial charge in [-0.3, -0.25) is 19.7 Å². The Hall–Kier alpha value is -1.89. The summed E-state index contributed by atoms with van der Waals surface area (Å²) in [5.74, 6) is 4.56. The lowest BCUT2D eigenvalue weighted by atomic mass is 10.2. The smallest absolute Gasteiger partial charge is 0.273 e. The lowest BCUT2D eigenvalue weighted by Gasteiger charge is -2.11. The number of carbonyl (C=O) groups excluding carboxylic acids is 2. The molecule has 1 aromatic heterocycles. The van der Waals surface area contributed by atoms with E-state index in [1.807, 2.05) is 6.92 Å². The number of nitrogens with two attached hydrogens (primary N) is 1. The molecule has 0 fully saturated rings. The first-order valence-electron chi connectivity index (χ1n) is 5.22. The second-order valence-corrected chi connectivity index (χ2v) is 4.00. The van der Waals surface area contributed by atoms with Crippen LogP contribution < -0.4 is 11.3 Å². The van der Waals surface area contributed by atoms with Crippen molar-refractivity contribution in [1.82, 2.24) is 20.1 Å². The van der Waals surface area contributed by atoms with Crippen molar-refractivity contribution in [2.45, 2.75) is 19.4 Å². The molecule has 1 rings (SSSR count). The third kappa shape index (κ3) is 3.28. The van der Waals surface area contributed by atoms with E-state index >= 15 is 0 Å². The maximum absolute atomic E-state index is 11.6. The minimum Gasteiger partial charge on any atom is -0.343 e. The van der Waals surface area contributed by atoms with Gasteiger partial charge < -0.3 is 4.90 Å². The minimum atomic E-state index is -0.270. The number of carbonyl (C=O) groups is 2. The summed E-state index contributed by atoms with van der Waals surface area (Å²) in [7, 11) is 3.32. The van der Waals surface area contributed by atoms with Gasteiger partial charge in [0, 0.05) is 20.3 Å². The Labute approximate surface area is 99.5 Å². The van der Waals surface area contributed by atoms with Crippen molar-refractivity contribution in [2.24, 2.45) is 5.84 Å². The maximum Gasteiger partial charge on any atom is 0.273 e. The number of nitrogens with zero attached hydrogens (tertiary/aromatic N) is 3. The molecule has 3 N–H and O–H groups in total. The number of hydrogen-bond acceptors (Lipinski definition) is 4. The third-order valence-corrected chi connectivity index (χ3v) is 2.33. The quantitative estimate of drug-likeness (QED) is 0.422. The van der Waals surface area contributed by atoms with E-state index < -0.39 is 0 Å². The average Bonchev–Trinajstić information content (AvgIpc) is 2.76. The van der Waals surface area contributed by atoms with Crippen LogP contribution in [0.2, 0.25) is 0 Å². The Morgan fingerprint density at radius 1 is 1.59 bits per heavy atom. The lowest BCUT2D eigenvalue weighted by molar-refractivity contribution is -0.121. The molecule has 17 heavy (non-hydrogen) atoms. The van der Waals surface area contributed by atoms with Gasteiger partial charge in [0.25, 0.3) is 5.91 Å². The van der Waals surface area contributed by atoms with Crippen LogP contribution in [-0.2, 0) is 4.79 Å². The van der Waals surface area contributed by atoms with Crippen LogP contribution in [0.1, 0.15) is 29.9 Å². The summed E-state index contributed by atoms with van der Waals surface area (Å²) in [6.45, 7) is 1.83. The van der Waals surface area contributed by atoms with Crippen molar-refractivity contribution in [3.8, 4) is 0 Å². The molecule has 0 saturated heterocycles. The zero-order valence-electron chi connectivity index (χ0n) is 10.2. The molecule has 1 unspecified atom stereocenters. The SMILES string of the molecule is CC(CC(=O)NN)n1ccc(C(=O)N(C)C)n1. The summed E-state index contributed by atoms with van der Waals surface area (Å²) in [5.41, 5.74) is 2.41. The highest BCUT2D eigenvalue weighted by Gasteiger charge is 2.15. The number of hydrogen-bond donors (Lipinski definition) is 2. The van der Waals surface area contributed by atoms with E-state index in [1.165, 1.54) is 4.90 Å². The molecule has 0 radical (unpaired) electrons. The molecule has 0 aliphatic carbocycles. The van der Waals surface area contributed by atoms with Crippen LogP contribution in [0.5, 0.6) is 0 Å². The highest BCUT2D eigenvalue weighted by molar-refractivity contribution is 5.91. The van der Waals surface area contributed by atoms with Crippen molar-refractivity contribution in [1.29, 1.82) is 0 Å². The Bertz CT molecular complexity index is 413. The van der Waals surface area contributed by atoms with E-state index in [0.717, 1.165) is 0 Å². The Kier molecular flexibility index (Phi) is 4.22. The van der Waals surface area contributed by atoms with Gasteiger partial charge in [-0.1, -0.05) is 0 Å². The van der Waals surface area contributed by atoms with Crippen LogP contribution in [0.3, 0.4) is 0 Å². The van der Waals surface area contributed by atoms with E-state index in [9.17, 15) is 9.59 Å². The second kappa shape index (κ2) is 5.44. The molecule has 7 heteroatoms. The van der Waals surface area contributed by atoms with E-state index in [2.05, 4.69) is 10.5 Å². The molecular formula is C10H17N5O2. The number of rotatable bonds is 4. The van der Waals surface area contributed by atoms with Crippen molar-refractivity contribution >= 4 is 11.8 Å². The molecule has 0 aliphatic heterocycles. The lowest BCUT2D eigenvalue weighted by Crippen LogP contribution is -2.31. The molecule has 0 spiro atoms. The second-order valence-electron chi connectivity index (χ2n) is 4.00. The van der Waals surface area contributed by atoms with Crippen LogP contribution >= 0.6 is 0 Å². The molecule has 2 amide bonds. The van der Waals surface area contributed by atoms with Crippen LogP contribution in [0.15, 0.2) is 12.3 Å². The summed E-state index contributed by atoms with van der Waals surface area (Å²) in [6.07, 6.45) is 1.89. The highest BCUT2D eigenvalue weighted by atomic mass is 16.2. The van der Waals surface area contributed by atoms with Crippen molar-refractivity contribution in [3.63, 3.8) is 0 Å². The summed E-state index contributed by atoms with van der Waals surface area (Å²) in [6, 6.07) is 1.47. The molecular weight excluding hydrogens is 222 g/mol. The monoisotopic (exact) mass is 239 g/mol. The van der Waals surface area contributed by atoms with Gasteiger partial charge in [0.15, 0.2) is 0 Å². The van der Waals surface area contributed by atoms with Gasteiger partial charge in [0.05, 0.1) is 12.5 Å². The van der Waals surface area contributed by atoms with Gasteiger partial charge in [-0.05, 0) is 13.0 Å². The first kappa shape index (κ1) is 13.2. The number of amides is 2. The van der Waals surface area contributed by atoms with E-state index in [1.54, 1.807) is 31.0 Å². The summed E-state index contributed by atoms with van der Waals surface area (Å²) < 4.78 is 1.58. The third-order valence-electron chi connectivity index (χ3n) is 2.33. The van der Waals surface area contributed by atoms with Gasteiger partial charge in [0.2, 0.25) is 5.91 Å². The summed E-state index contributed by atoms with van der Waals surface area (Å²) in [4.78, 5) is 24.1.